The van der Waals surface area contributed by atoms with E-state index >= 15 is 0 Å². The molecule has 0 fully saturated rings. The lowest BCUT2D eigenvalue weighted by molar-refractivity contribution is 0.188. The van der Waals surface area contributed by atoms with Crippen LogP contribution in [0.3, 0.4) is 0 Å². The van der Waals surface area contributed by atoms with Gasteiger partial charge in [-0.05, 0) is 25.5 Å². The zero-order chi connectivity index (χ0) is 9.68. The zero-order valence-electron chi connectivity index (χ0n) is 7.50. The van der Waals surface area contributed by atoms with E-state index in [9.17, 15) is 4.39 Å². The van der Waals surface area contributed by atoms with Crippen molar-refractivity contribution in [2.24, 2.45) is 0 Å². The van der Waals surface area contributed by atoms with Crippen molar-refractivity contribution in [1.29, 1.82) is 0 Å². The number of hydrogen-bond acceptors (Lipinski definition) is 3. The van der Waals surface area contributed by atoms with Gasteiger partial charge in [0.25, 0.3) is 0 Å². The van der Waals surface area contributed by atoms with Crippen molar-refractivity contribution in [1.82, 2.24) is 4.98 Å². The van der Waals surface area contributed by atoms with Gasteiger partial charge in [-0.25, -0.2) is 9.37 Å². The van der Waals surface area contributed by atoms with Crippen LogP contribution in [0.25, 0.3) is 0 Å². The summed E-state index contributed by atoms with van der Waals surface area (Å²) in [6, 6.07) is 2.88. The molecule has 0 aliphatic rings. The van der Waals surface area contributed by atoms with E-state index in [2.05, 4.69) is 10.3 Å². The van der Waals surface area contributed by atoms with Crippen LogP contribution >= 0.6 is 0 Å². The summed E-state index contributed by atoms with van der Waals surface area (Å²) in [5.41, 5.74) is 0. The molecule has 0 aliphatic heterocycles. The molecule has 13 heavy (non-hydrogen) atoms. The minimum Gasteiger partial charge on any atom is -0.393 e. The highest BCUT2D eigenvalue weighted by Crippen LogP contribution is 2.08. The average molecular weight is 184 g/mol. The molecule has 0 radical (unpaired) electrons. The fraction of sp³-hybridized carbons (Fsp3) is 0.444. The third-order valence-corrected chi connectivity index (χ3v) is 1.61. The molecule has 4 heteroatoms. The maximum atomic E-state index is 12.9. The molecule has 0 aliphatic carbocycles. The first-order chi connectivity index (χ1) is 6.20. The Morgan fingerprint density at radius 2 is 2.46 bits per heavy atom. The van der Waals surface area contributed by atoms with Gasteiger partial charge in [0.05, 0.1) is 6.10 Å². The molecular formula is C9H13FN2O. The number of nitrogens with zero attached hydrogens (tertiary/aromatic N) is 1. The molecule has 72 valence electrons. The number of rotatable bonds is 4. The van der Waals surface area contributed by atoms with Gasteiger partial charge in [0.1, 0.15) is 0 Å². The molecule has 1 heterocycles. The molecule has 0 aromatic carbocycles. The van der Waals surface area contributed by atoms with E-state index in [1.165, 1.54) is 18.3 Å². The fourth-order valence-corrected chi connectivity index (χ4v) is 0.915. The van der Waals surface area contributed by atoms with Crippen LogP contribution in [-0.4, -0.2) is 22.7 Å². The highest BCUT2D eigenvalue weighted by atomic mass is 19.1. The largest absolute Gasteiger partial charge is 0.393 e. The Balaban J connectivity index is 2.41. The number of hydrogen-bond donors (Lipinski definition) is 2. The lowest BCUT2D eigenvalue weighted by atomic mass is 10.3. The number of aliphatic hydroxyl groups is 1. The van der Waals surface area contributed by atoms with Gasteiger partial charge < -0.3 is 10.4 Å². The number of aliphatic hydroxyl groups excluding tert-OH is 1. The van der Waals surface area contributed by atoms with Crippen LogP contribution in [-0.2, 0) is 0 Å². The predicted octanol–water partition coefficient (Wildman–Crippen LogP) is 1.40. The van der Waals surface area contributed by atoms with E-state index in [1.807, 2.05) is 0 Å². The van der Waals surface area contributed by atoms with Gasteiger partial charge in [0, 0.05) is 12.7 Å². The Morgan fingerprint density at radius 1 is 1.69 bits per heavy atom. The van der Waals surface area contributed by atoms with Gasteiger partial charge >= 0.3 is 0 Å². The molecule has 2 N–H and O–H groups in total. The Bertz CT molecular complexity index is 266. The highest BCUT2D eigenvalue weighted by molar-refractivity contribution is 5.35. The van der Waals surface area contributed by atoms with Gasteiger partial charge in [-0.3, -0.25) is 0 Å². The van der Waals surface area contributed by atoms with Crippen molar-refractivity contribution >= 4 is 5.82 Å². The van der Waals surface area contributed by atoms with Crippen LogP contribution < -0.4 is 5.32 Å². The molecule has 3 nitrogen and oxygen atoms in total. The van der Waals surface area contributed by atoms with Crippen molar-refractivity contribution < 1.29 is 9.50 Å². The van der Waals surface area contributed by atoms with Crippen molar-refractivity contribution in [3.05, 3.63) is 24.1 Å². The Morgan fingerprint density at radius 3 is 3.08 bits per heavy atom. The lowest BCUT2D eigenvalue weighted by Crippen LogP contribution is -2.11. The molecule has 0 saturated heterocycles. The molecule has 0 saturated carbocycles. The number of pyridine rings is 1. The number of anilines is 1. The minimum absolute atomic E-state index is 0.239. The molecule has 1 aromatic heterocycles. The second kappa shape index (κ2) is 4.77. The first-order valence-corrected chi connectivity index (χ1v) is 4.22. The molecule has 1 atom stereocenters. The topological polar surface area (TPSA) is 45.1 Å². The van der Waals surface area contributed by atoms with Crippen LogP contribution in [0, 0.1) is 5.82 Å². The van der Waals surface area contributed by atoms with E-state index in [0.717, 1.165) is 0 Å². The van der Waals surface area contributed by atoms with E-state index in [1.54, 1.807) is 6.92 Å². The summed E-state index contributed by atoms with van der Waals surface area (Å²) >= 11 is 0. The van der Waals surface area contributed by atoms with Crippen molar-refractivity contribution in [3.8, 4) is 0 Å². The van der Waals surface area contributed by atoms with E-state index < -0.39 is 0 Å². The quantitative estimate of drug-likeness (QED) is 0.743. The van der Waals surface area contributed by atoms with Gasteiger partial charge in [0.15, 0.2) is 11.6 Å². The average Bonchev–Trinajstić information content (AvgIpc) is 2.08. The normalized spacial score (nSPS) is 12.5. The highest BCUT2D eigenvalue weighted by Gasteiger charge is 2.01. The summed E-state index contributed by atoms with van der Waals surface area (Å²) < 4.78 is 12.9. The van der Waals surface area contributed by atoms with E-state index in [0.29, 0.717) is 13.0 Å². The van der Waals surface area contributed by atoms with Gasteiger partial charge in [-0.1, -0.05) is 0 Å². The number of aromatic nitrogens is 1. The number of halogens is 1. The molecule has 0 bridgehead atoms. The second-order valence-electron chi connectivity index (χ2n) is 2.90. The van der Waals surface area contributed by atoms with Gasteiger partial charge in [0.2, 0.25) is 0 Å². The summed E-state index contributed by atoms with van der Waals surface area (Å²) in [7, 11) is 0. The minimum atomic E-state index is -0.376. The SMILES string of the molecule is CC(O)CCNc1ncccc1F. The van der Waals surface area contributed by atoms with Crippen molar-refractivity contribution in [2.75, 3.05) is 11.9 Å². The fourth-order valence-electron chi connectivity index (χ4n) is 0.915. The molecule has 1 rings (SSSR count). The summed E-state index contributed by atoms with van der Waals surface area (Å²) in [6.07, 6.45) is 1.73. The van der Waals surface area contributed by atoms with E-state index in [4.69, 9.17) is 5.11 Å². The standard InChI is InChI=1S/C9H13FN2O/c1-7(13)4-6-12-9-8(10)3-2-5-11-9/h2-3,5,7,13H,4,6H2,1H3,(H,11,12). The van der Waals surface area contributed by atoms with Crippen LogP contribution in [0.15, 0.2) is 18.3 Å². The summed E-state index contributed by atoms with van der Waals surface area (Å²) in [5.74, 6) is -0.128. The van der Waals surface area contributed by atoms with Crippen molar-refractivity contribution in [3.63, 3.8) is 0 Å². The molecule has 0 spiro atoms. The Labute approximate surface area is 76.6 Å². The third-order valence-electron chi connectivity index (χ3n) is 1.61. The van der Waals surface area contributed by atoms with Gasteiger partial charge in [-0.2, -0.15) is 0 Å². The van der Waals surface area contributed by atoms with Crippen LogP contribution in [0.2, 0.25) is 0 Å². The molecular weight excluding hydrogens is 171 g/mol. The van der Waals surface area contributed by atoms with Crippen molar-refractivity contribution in [2.45, 2.75) is 19.4 Å². The first kappa shape index (κ1) is 9.92. The maximum absolute atomic E-state index is 12.9. The van der Waals surface area contributed by atoms with Crippen LogP contribution in [0.4, 0.5) is 10.2 Å². The maximum Gasteiger partial charge on any atom is 0.165 e. The van der Waals surface area contributed by atoms with Gasteiger partial charge in [-0.15, -0.1) is 0 Å². The monoisotopic (exact) mass is 184 g/mol. The predicted molar refractivity (Wildman–Crippen MR) is 49.0 cm³/mol. The Hall–Kier alpha value is -1.16. The Kier molecular flexibility index (Phi) is 3.64. The molecule has 0 amide bonds. The smallest absolute Gasteiger partial charge is 0.165 e. The third kappa shape index (κ3) is 3.38. The molecule has 1 unspecified atom stereocenters. The molecule has 1 aromatic rings. The summed E-state index contributed by atoms with van der Waals surface area (Å²) in [5, 5.41) is 11.7. The summed E-state index contributed by atoms with van der Waals surface area (Å²) in [6.45, 7) is 2.21. The first-order valence-electron chi connectivity index (χ1n) is 4.22. The second-order valence-corrected chi connectivity index (χ2v) is 2.90. The van der Waals surface area contributed by atoms with E-state index in [-0.39, 0.29) is 17.7 Å². The summed E-state index contributed by atoms with van der Waals surface area (Å²) in [4.78, 5) is 3.81. The van der Waals surface area contributed by atoms with Crippen LogP contribution in [0.1, 0.15) is 13.3 Å². The van der Waals surface area contributed by atoms with Crippen LogP contribution in [0.5, 0.6) is 0 Å². The number of nitrogens with one attached hydrogen (secondary N) is 1. The zero-order valence-corrected chi connectivity index (χ0v) is 7.50. The lowest BCUT2D eigenvalue weighted by Gasteiger charge is -2.07.